The van der Waals surface area contributed by atoms with E-state index in [1.54, 1.807) is 19.2 Å². The Morgan fingerprint density at radius 3 is 2.43 bits per heavy atom. The van der Waals surface area contributed by atoms with Crippen LogP contribution in [0.3, 0.4) is 0 Å². The molecule has 11 nitrogen and oxygen atoms in total. The second kappa shape index (κ2) is 10.9. The summed E-state index contributed by atoms with van der Waals surface area (Å²) in [6.07, 6.45) is 1.90. The van der Waals surface area contributed by atoms with Gasteiger partial charge < -0.3 is 15.7 Å². The van der Waals surface area contributed by atoms with Crippen LogP contribution in [0.25, 0.3) is 5.65 Å². The quantitative estimate of drug-likeness (QED) is 0.314. The Hall–Kier alpha value is -3.62. The number of carbonyl (C=O) groups is 2. The maximum Gasteiger partial charge on any atom is 0.276 e. The number of aliphatic hydroxyl groups is 1. The number of fused-ring (bicyclic) bond motifs is 1. The second-order valence-corrected chi connectivity index (χ2v) is 12.1. The van der Waals surface area contributed by atoms with Gasteiger partial charge in [0.25, 0.3) is 5.91 Å². The maximum absolute atomic E-state index is 14.0. The Balaban J connectivity index is 1.40. The highest BCUT2D eigenvalue weighted by molar-refractivity contribution is 5.93. The summed E-state index contributed by atoms with van der Waals surface area (Å²) in [7, 11) is 0. The van der Waals surface area contributed by atoms with Crippen LogP contribution in [0.15, 0.2) is 23.1 Å². The van der Waals surface area contributed by atoms with Gasteiger partial charge in [-0.05, 0) is 56.7 Å². The van der Waals surface area contributed by atoms with Gasteiger partial charge in [-0.1, -0.05) is 5.16 Å². The predicted molar refractivity (Wildman–Crippen MR) is 139 cm³/mol. The van der Waals surface area contributed by atoms with E-state index >= 15 is 0 Å². The van der Waals surface area contributed by atoms with Crippen molar-refractivity contribution in [1.29, 1.82) is 0 Å². The van der Waals surface area contributed by atoms with E-state index in [2.05, 4.69) is 35.7 Å². The molecule has 2 fully saturated rings. The molecule has 0 spiro atoms. The first-order valence-corrected chi connectivity index (χ1v) is 13.8. The number of hydrogen-bond donors (Lipinski definition) is 3. The SMILES string of the molecule is Cc1nonc1C(=O)N[C@H](c1cn2ncc([C@H](NC(=O)CC3CC(F)(F)C3)C(C)(C)O)cc2n1)C1CCC(F)(F)CC1. The molecule has 0 bridgehead atoms. The van der Waals surface area contributed by atoms with Gasteiger partial charge in [-0.3, -0.25) is 9.59 Å². The molecule has 2 aliphatic carbocycles. The van der Waals surface area contributed by atoms with E-state index in [0.717, 1.165) is 0 Å². The molecule has 228 valence electrons. The molecule has 2 saturated carbocycles. The molecule has 0 aromatic carbocycles. The average molecular weight is 596 g/mol. The zero-order valence-electron chi connectivity index (χ0n) is 23.4. The van der Waals surface area contributed by atoms with E-state index in [1.807, 2.05) is 0 Å². The first-order valence-electron chi connectivity index (χ1n) is 13.8. The molecule has 2 atom stereocenters. The first-order chi connectivity index (χ1) is 19.6. The van der Waals surface area contributed by atoms with Crippen molar-refractivity contribution < 1.29 is 36.9 Å². The summed E-state index contributed by atoms with van der Waals surface area (Å²) in [5.74, 6) is -7.35. The number of halogens is 4. The first kappa shape index (κ1) is 29.9. The molecule has 0 aliphatic heterocycles. The number of nitrogens with zero attached hydrogens (tertiary/aromatic N) is 5. The van der Waals surface area contributed by atoms with E-state index in [9.17, 15) is 32.3 Å². The lowest BCUT2D eigenvalue weighted by molar-refractivity contribution is -0.135. The summed E-state index contributed by atoms with van der Waals surface area (Å²) in [6.45, 7) is 4.56. The lowest BCUT2D eigenvalue weighted by Gasteiger charge is -2.35. The number of alkyl halides is 4. The smallest absolute Gasteiger partial charge is 0.276 e. The number of nitrogens with one attached hydrogen (secondary N) is 2. The molecule has 0 saturated heterocycles. The van der Waals surface area contributed by atoms with Crippen LogP contribution in [0.5, 0.6) is 0 Å². The number of hydrogen-bond acceptors (Lipinski definition) is 8. The van der Waals surface area contributed by atoms with E-state index in [-0.39, 0.29) is 62.3 Å². The Morgan fingerprint density at radius 2 is 1.83 bits per heavy atom. The van der Waals surface area contributed by atoms with Gasteiger partial charge in [0.2, 0.25) is 17.8 Å². The van der Waals surface area contributed by atoms with Crippen molar-refractivity contribution in [2.75, 3.05) is 0 Å². The molecule has 3 heterocycles. The minimum absolute atomic E-state index is 0.0281. The summed E-state index contributed by atoms with van der Waals surface area (Å²) < 4.78 is 60.4. The normalized spacial score (nSPS) is 20.6. The van der Waals surface area contributed by atoms with Crippen molar-refractivity contribution in [2.45, 2.75) is 95.2 Å². The van der Waals surface area contributed by atoms with Crippen LogP contribution in [0.1, 0.15) is 98.3 Å². The number of amides is 2. The Labute approximate surface area is 238 Å². The van der Waals surface area contributed by atoms with Gasteiger partial charge in [0.05, 0.1) is 35.8 Å². The fourth-order valence-electron chi connectivity index (χ4n) is 5.77. The average Bonchev–Trinajstić information content (AvgIpc) is 3.49. The van der Waals surface area contributed by atoms with Crippen LogP contribution >= 0.6 is 0 Å². The summed E-state index contributed by atoms with van der Waals surface area (Å²) in [6, 6.07) is -0.0709. The van der Waals surface area contributed by atoms with Gasteiger partial charge in [-0.2, -0.15) is 5.10 Å². The predicted octanol–water partition coefficient (Wildman–Crippen LogP) is 4.08. The van der Waals surface area contributed by atoms with Crippen molar-refractivity contribution >= 4 is 17.5 Å². The highest BCUT2D eigenvalue weighted by atomic mass is 19.3. The van der Waals surface area contributed by atoms with E-state index in [1.165, 1.54) is 24.6 Å². The van der Waals surface area contributed by atoms with Crippen LogP contribution in [0.4, 0.5) is 17.6 Å². The van der Waals surface area contributed by atoms with E-state index in [4.69, 9.17) is 0 Å². The molecule has 42 heavy (non-hydrogen) atoms. The Bertz CT molecular complexity index is 1450. The fourth-order valence-corrected chi connectivity index (χ4v) is 5.77. The maximum atomic E-state index is 14.0. The molecule has 3 aromatic heterocycles. The Morgan fingerprint density at radius 1 is 1.14 bits per heavy atom. The third kappa shape index (κ3) is 6.55. The lowest BCUT2D eigenvalue weighted by Crippen LogP contribution is -2.44. The number of rotatable bonds is 9. The van der Waals surface area contributed by atoms with Crippen LogP contribution in [0, 0.1) is 18.8 Å². The highest BCUT2D eigenvalue weighted by Crippen LogP contribution is 2.44. The van der Waals surface area contributed by atoms with E-state index in [0.29, 0.717) is 16.9 Å². The number of aromatic nitrogens is 5. The molecular formula is C27H33F4N7O4. The van der Waals surface area contributed by atoms with Crippen LogP contribution in [-0.2, 0) is 4.79 Å². The molecule has 3 aromatic rings. The molecule has 0 radical (unpaired) electrons. The van der Waals surface area contributed by atoms with Gasteiger partial charge in [-0.15, -0.1) is 0 Å². The molecule has 5 rings (SSSR count). The van der Waals surface area contributed by atoms with Crippen LogP contribution in [-0.4, -0.2) is 59.3 Å². The standard InChI is InChI=1S/C27H33F4N7O4/c1-14-21(37-42-36-14)24(40)35-22(16-4-6-26(28,29)7-5-16)18-13-38-19(33-18)9-17(12-32-38)23(25(2,3)41)34-20(39)8-15-10-27(30,31)11-15/h9,12-13,15-16,22-23,41H,4-8,10-11H2,1-3H3,(H,34,39)(H,35,40)/t22-,23-/m0/s1. The highest BCUT2D eigenvalue weighted by Gasteiger charge is 2.46. The number of imidazole rings is 1. The van der Waals surface area contributed by atoms with Gasteiger partial charge in [0, 0.05) is 37.7 Å². The summed E-state index contributed by atoms with van der Waals surface area (Å²) in [5, 5.41) is 28.1. The lowest BCUT2D eigenvalue weighted by atomic mass is 9.79. The molecule has 2 aliphatic rings. The van der Waals surface area contributed by atoms with Gasteiger partial charge >= 0.3 is 0 Å². The second-order valence-electron chi connectivity index (χ2n) is 12.1. The summed E-state index contributed by atoms with van der Waals surface area (Å²) in [4.78, 5) is 30.3. The fraction of sp³-hybridized carbons (Fsp3) is 0.630. The van der Waals surface area contributed by atoms with Crippen molar-refractivity contribution in [3.63, 3.8) is 0 Å². The summed E-state index contributed by atoms with van der Waals surface area (Å²) in [5.41, 5.74) is -0.0756. The van der Waals surface area contributed by atoms with Crippen LogP contribution in [0.2, 0.25) is 0 Å². The molecule has 0 unspecified atom stereocenters. The molecule has 3 N–H and O–H groups in total. The zero-order chi connectivity index (χ0) is 30.4. The number of carbonyl (C=O) groups excluding carboxylic acids is 2. The van der Waals surface area contributed by atoms with Crippen molar-refractivity contribution in [1.82, 2.24) is 35.5 Å². The van der Waals surface area contributed by atoms with Gasteiger partial charge in [-0.25, -0.2) is 31.7 Å². The minimum atomic E-state index is -2.77. The minimum Gasteiger partial charge on any atom is -0.388 e. The molecule has 15 heteroatoms. The van der Waals surface area contributed by atoms with E-state index < -0.39 is 47.3 Å². The van der Waals surface area contributed by atoms with Crippen molar-refractivity contribution in [3.05, 3.63) is 41.1 Å². The zero-order valence-corrected chi connectivity index (χ0v) is 23.4. The largest absolute Gasteiger partial charge is 0.388 e. The van der Waals surface area contributed by atoms with Crippen molar-refractivity contribution in [3.8, 4) is 0 Å². The molecular weight excluding hydrogens is 562 g/mol. The third-order valence-electron chi connectivity index (χ3n) is 8.06. The van der Waals surface area contributed by atoms with Gasteiger partial charge in [0.15, 0.2) is 11.3 Å². The van der Waals surface area contributed by atoms with Gasteiger partial charge in [0.1, 0.15) is 5.69 Å². The summed E-state index contributed by atoms with van der Waals surface area (Å²) >= 11 is 0. The van der Waals surface area contributed by atoms with Crippen molar-refractivity contribution in [2.24, 2.45) is 11.8 Å². The monoisotopic (exact) mass is 595 g/mol. The topological polar surface area (TPSA) is 148 Å². The molecule has 2 amide bonds. The third-order valence-corrected chi connectivity index (χ3v) is 8.06. The van der Waals surface area contributed by atoms with Crippen LogP contribution < -0.4 is 10.6 Å². The number of aryl methyl sites for hydroxylation is 1. The Kier molecular flexibility index (Phi) is 7.75.